The first-order valence-corrected chi connectivity index (χ1v) is 12.7. The highest BCUT2D eigenvalue weighted by atomic mass is 16.5. The van der Waals surface area contributed by atoms with E-state index >= 15 is 0 Å². The minimum absolute atomic E-state index is 0.0195. The second-order valence-corrected chi connectivity index (χ2v) is 10.3. The average molecular weight is 493 g/mol. The summed E-state index contributed by atoms with van der Waals surface area (Å²) in [7, 11) is 3.71. The smallest absolute Gasteiger partial charge is 0.248 e. The molecule has 0 radical (unpaired) electrons. The number of imidazole rings is 1. The standard InChI is InChI=1S/C27H36N6O3/c1-16-6-7-17(2)33(16)24-9-8-19(12-29-24)27-30-22-10-20(26(28)34)11-23(35-5)25(22)32(27)15-21-14-31(4)13-18(3)36-21/h8-12,16-18,21H,6-7,13-15H2,1-5H3,(H2,28,34)/t16-,17-,18-,21-/m0/s1. The summed E-state index contributed by atoms with van der Waals surface area (Å²) in [6.07, 6.45) is 4.37. The number of carbonyl (C=O) groups is 1. The summed E-state index contributed by atoms with van der Waals surface area (Å²) in [5.41, 5.74) is 8.32. The molecule has 2 N–H and O–H groups in total. The molecule has 0 saturated carbocycles. The van der Waals surface area contributed by atoms with E-state index in [1.54, 1.807) is 19.2 Å². The van der Waals surface area contributed by atoms with Crippen LogP contribution in [-0.2, 0) is 11.3 Å². The maximum absolute atomic E-state index is 12.0. The first-order valence-electron chi connectivity index (χ1n) is 12.7. The van der Waals surface area contributed by atoms with Gasteiger partial charge >= 0.3 is 0 Å². The molecule has 1 amide bonds. The molecular formula is C27H36N6O3. The Balaban J connectivity index is 1.60. The molecule has 2 aromatic heterocycles. The number of nitrogens with zero attached hydrogens (tertiary/aromatic N) is 5. The van der Waals surface area contributed by atoms with Gasteiger partial charge in [-0.3, -0.25) is 4.79 Å². The van der Waals surface area contributed by atoms with Crippen LogP contribution in [0.5, 0.6) is 5.75 Å². The highest BCUT2D eigenvalue weighted by Gasteiger charge is 2.29. The molecule has 2 aliphatic heterocycles. The van der Waals surface area contributed by atoms with Crippen molar-refractivity contribution in [2.75, 3.05) is 32.1 Å². The van der Waals surface area contributed by atoms with Gasteiger partial charge in [0.1, 0.15) is 22.9 Å². The number of ether oxygens (including phenoxy) is 2. The second kappa shape index (κ2) is 9.71. The fourth-order valence-electron chi connectivity index (χ4n) is 5.82. The quantitative estimate of drug-likeness (QED) is 0.564. The van der Waals surface area contributed by atoms with E-state index in [-0.39, 0.29) is 12.2 Å². The molecule has 0 unspecified atom stereocenters. The number of morpholine rings is 1. The van der Waals surface area contributed by atoms with Crippen molar-refractivity contribution < 1.29 is 14.3 Å². The molecule has 192 valence electrons. The van der Waals surface area contributed by atoms with E-state index in [1.807, 2.05) is 6.20 Å². The first kappa shape index (κ1) is 24.5. The summed E-state index contributed by atoms with van der Waals surface area (Å²) in [5, 5.41) is 0. The molecule has 9 nitrogen and oxygen atoms in total. The van der Waals surface area contributed by atoms with Gasteiger partial charge in [-0.05, 0) is 64.9 Å². The number of primary amides is 1. The molecule has 3 aromatic rings. The van der Waals surface area contributed by atoms with Crippen molar-refractivity contribution in [2.24, 2.45) is 5.73 Å². The third-order valence-corrected chi connectivity index (χ3v) is 7.43. The Morgan fingerprint density at radius 2 is 1.92 bits per heavy atom. The minimum atomic E-state index is -0.516. The number of fused-ring (bicyclic) bond motifs is 1. The summed E-state index contributed by atoms with van der Waals surface area (Å²) in [6.45, 7) is 8.91. The van der Waals surface area contributed by atoms with E-state index in [4.69, 9.17) is 25.2 Å². The van der Waals surface area contributed by atoms with Gasteiger partial charge in [-0.1, -0.05) is 0 Å². The van der Waals surface area contributed by atoms with Crippen molar-refractivity contribution in [3.05, 3.63) is 36.0 Å². The SMILES string of the molecule is COc1cc(C(N)=O)cc2nc(-c3ccc(N4[C@@H](C)CC[C@@H]4C)nc3)n(C[C@@H]3CN(C)C[C@H](C)O3)c12. The zero-order chi connectivity index (χ0) is 25.6. The van der Waals surface area contributed by atoms with Crippen LogP contribution in [0.25, 0.3) is 22.4 Å². The lowest BCUT2D eigenvalue weighted by Gasteiger charge is -2.35. The molecule has 0 aliphatic carbocycles. The Labute approximate surface area is 212 Å². The molecule has 4 heterocycles. The normalized spacial score (nSPS) is 25.0. The van der Waals surface area contributed by atoms with Crippen molar-refractivity contribution in [1.82, 2.24) is 19.4 Å². The van der Waals surface area contributed by atoms with Gasteiger partial charge in [0.2, 0.25) is 5.91 Å². The van der Waals surface area contributed by atoms with Gasteiger partial charge in [-0.25, -0.2) is 9.97 Å². The second-order valence-electron chi connectivity index (χ2n) is 10.3. The lowest BCUT2D eigenvalue weighted by molar-refractivity contribution is -0.0752. The molecule has 4 atom stereocenters. The summed E-state index contributed by atoms with van der Waals surface area (Å²) in [6, 6.07) is 8.52. The average Bonchev–Trinajstić information content (AvgIpc) is 3.37. The number of hydrogen-bond donors (Lipinski definition) is 1. The fraction of sp³-hybridized carbons (Fsp3) is 0.519. The molecule has 2 fully saturated rings. The number of carbonyl (C=O) groups excluding carboxylic acids is 1. The Morgan fingerprint density at radius 1 is 1.17 bits per heavy atom. The van der Waals surface area contributed by atoms with Crippen LogP contribution in [0.1, 0.15) is 44.0 Å². The molecule has 0 spiro atoms. The largest absolute Gasteiger partial charge is 0.494 e. The Morgan fingerprint density at radius 3 is 2.53 bits per heavy atom. The molecule has 2 saturated heterocycles. The van der Waals surface area contributed by atoms with Gasteiger partial charge < -0.3 is 29.6 Å². The molecular weight excluding hydrogens is 456 g/mol. The van der Waals surface area contributed by atoms with Gasteiger partial charge in [0, 0.05) is 42.5 Å². The van der Waals surface area contributed by atoms with E-state index in [9.17, 15) is 4.79 Å². The maximum atomic E-state index is 12.0. The fourth-order valence-corrected chi connectivity index (χ4v) is 5.82. The maximum Gasteiger partial charge on any atom is 0.248 e. The summed E-state index contributed by atoms with van der Waals surface area (Å²) in [4.78, 5) is 26.4. The van der Waals surface area contributed by atoms with E-state index in [0.29, 0.717) is 35.5 Å². The van der Waals surface area contributed by atoms with E-state index in [2.05, 4.69) is 54.3 Å². The van der Waals surface area contributed by atoms with Crippen LogP contribution < -0.4 is 15.4 Å². The highest BCUT2D eigenvalue weighted by Crippen LogP contribution is 2.35. The summed E-state index contributed by atoms with van der Waals surface area (Å²) in [5.74, 6) is 1.79. The van der Waals surface area contributed by atoms with Gasteiger partial charge in [-0.15, -0.1) is 0 Å². The van der Waals surface area contributed by atoms with Crippen LogP contribution in [0.2, 0.25) is 0 Å². The number of methoxy groups -OCH3 is 1. The number of amides is 1. The van der Waals surface area contributed by atoms with Crippen molar-refractivity contribution in [3.8, 4) is 17.1 Å². The first-order chi connectivity index (χ1) is 17.2. The van der Waals surface area contributed by atoms with Crippen molar-refractivity contribution in [3.63, 3.8) is 0 Å². The number of pyridine rings is 1. The van der Waals surface area contributed by atoms with Crippen LogP contribution in [0.3, 0.4) is 0 Å². The van der Waals surface area contributed by atoms with Crippen LogP contribution >= 0.6 is 0 Å². The lowest BCUT2D eigenvalue weighted by Crippen LogP contribution is -2.46. The topological polar surface area (TPSA) is 98.7 Å². The molecule has 9 heteroatoms. The number of aromatic nitrogens is 3. The van der Waals surface area contributed by atoms with Crippen LogP contribution in [0.15, 0.2) is 30.5 Å². The highest BCUT2D eigenvalue weighted by molar-refractivity contribution is 5.99. The predicted molar refractivity (Wildman–Crippen MR) is 141 cm³/mol. The molecule has 2 aliphatic rings. The number of benzene rings is 1. The molecule has 5 rings (SSSR count). The number of nitrogens with two attached hydrogens (primary N) is 1. The predicted octanol–water partition coefficient (Wildman–Crippen LogP) is 3.30. The number of hydrogen-bond acceptors (Lipinski definition) is 7. The third-order valence-electron chi connectivity index (χ3n) is 7.43. The molecule has 1 aromatic carbocycles. The Bertz CT molecular complexity index is 1240. The van der Waals surface area contributed by atoms with E-state index in [1.165, 1.54) is 12.8 Å². The van der Waals surface area contributed by atoms with Crippen LogP contribution in [-0.4, -0.2) is 76.9 Å². The number of rotatable bonds is 6. The van der Waals surface area contributed by atoms with Crippen molar-refractivity contribution in [1.29, 1.82) is 0 Å². The van der Waals surface area contributed by atoms with Gasteiger partial charge in [-0.2, -0.15) is 0 Å². The van der Waals surface area contributed by atoms with Gasteiger partial charge in [0.05, 0.1) is 31.4 Å². The zero-order valence-corrected chi connectivity index (χ0v) is 21.8. The summed E-state index contributed by atoms with van der Waals surface area (Å²) < 4.78 is 14.1. The van der Waals surface area contributed by atoms with Crippen LogP contribution in [0, 0.1) is 0 Å². The Hall–Kier alpha value is -3.17. The monoisotopic (exact) mass is 492 g/mol. The minimum Gasteiger partial charge on any atom is -0.494 e. The van der Waals surface area contributed by atoms with Gasteiger partial charge in [0.25, 0.3) is 0 Å². The Kier molecular flexibility index (Phi) is 6.61. The third kappa shape index (κ3) is 4.53. The number of anilines is 1. The van der Waals surface area contributed by atoms with Crippen molar-refractivity contribution in [2.45, 2.75) is 64.4 Å². The van der Waals surface area contributed by atoms with E-state index < -0.39 is 5.91 Å². The van der Waals surface area contributed by atoms with E-state index in [0.717, 1.165) is 35.8 Å². The van der Waals surface area contributed by atoms with Crippen molar-refractivity contribution >= 4 is 22.8 Å². The lowest BCUT2D eigenvalue weighted by atomic mass is 10.1. The zero-order valence-electron chi connectivity index (χ0n) is 21.8. The number of likely N-dealkylation sites (N-methyl/N-ethyl adjacent to an activating group) is 1. The summed E-state index contributed by atoms with van der Waals surface area (Å²) >= 11 is 0. The molecule has 36 heavy (non-hydrogen) atoms. The van der Waals surface area contributed by atoms with Crippen LogP contribution in [0.4, 0.5) is 5.82 Å². The molecule has 0 bridgehead atoms. The van der Waals surface area contributed by atoms with Gasteiger partial charge in [0.15, 0.2) is 0 Å².